The number of nitrogens with one attached hydrogen (secondary N) is 1. The fraction of sp³-hybridized carbons (Fsp3) is 0.333. The number of rotatable bonds is 6. The van der Waals surface area contributed by atoms with Gasteiger partial charge in [-0.15, -0.1) is 0 Å². The molecule has 30 heavy (non-hydrogen) atoms. The number of hydrogen-bond acceptors (Lipinski definition) is 8. The van der Waals surface area contributed by atoms with E-state index in [0.29, 0.717) is 28.5 Å². The van der Waals surface area contributed by atoms with Gasteiger partial charge in [0.25, 0.3) is 5.56 Å². The molecule has 3 rings (SSSR count). The van der Waals surface area contributed by atoms with E-state index in [4.69, 9.17) is 29.4 Å². The Morgan fingerprint density at radius 3 is 2.30 bits per heavy atom. The second-order valence-corrected chi connectivity index (χ2v) is 6.55. The smallest absolute Gasteiger partial charge is 0.340 e. The summed E-state index contributed by atoms with van der Waals surface area (Å²) in [7, 11) is 4.44. The molecule has 0 saturated heterocycles. The Bertz CT molecular complexity index is 1050. The number of fused-ring (bicyclic) bond motifs is 1. The first-order chi connectivity index (χ1) is 14.4. The summed E-state index contributed by atoms with van der Waals surface area (Å²) in [5.74, 6) is -0.311. The zero-order valence-corrected chi connectivity index (χ0v) is 17.5. The van der Waals surface area contributed by atoms with Gasteiger partial charge in [0.2, 0.25) is 11.6 Å². The number of ether oxygens (including phenoxy) is 5. The molecule has 1 atom stereocenters. The zero-order chi connectivity index (χ0) is 22.0. The fourth-order valence-electron chi connectivity index (χ4n) is 3.52. The molecule has 0 amide bonds. The molecule has 2 heterocycles. The van der Waals surface area contributed by atoms with Crippen molar-refractivity contribution in [2.75, 3.05) is 27.9 Å². The lowest BCUT2D eigenvalue weighted by atomic mass is 9.83. The number of H-pyrrole nitrogens is 1. The van der Waals surface area contributed by atoms with E-state index in [1.165, 1.54) is 21.3 Å². The Morgan fingerprint density at radius 2 is 1.77 bits per heavy atom. The second kappa shape index (κ2) is 8.40. The van der Waals surface area contributed by atoms with Crippen LogP contribution in [0.1, 0.15) is 29.7 Å². The number of aromatic nitrogens is 1. The molecule has 0 radical (unpaired) electrons. The molecule has 1 aliphatic heterocycles. The van der Waals surface area contributed by atoms with Gasteiger partial charge in [0, 0.05) is 11.8 Å². The van der Waals surface area contributed by atoms with Crippen LogP contribution in [-0.4, -0.2) is 38.9 Å². The minimum Gasteiger partial charge on any atom is -0.493 e. The lowest BCUT2D eigenvalue weighted by Gasteiger charge is -2.28. The van der Waals surface area contributed by atoms with E-state index in [2.05, 4.69) is 4.98 Å². The van der Waals surface area contributed by atoms with Crippen molar-refractivity contribution in [3.63, 3.8) is 0 Å². The lowest BCUT2D eigenvalue weighted by Crippen LogP contribution is -2.32. The SMILES string of the molecule is CCOC(=O)C1=C(N)Oc2cc(C)[nH]c(=O)c2C1c1cc(OC)c(OC)c(OC)c1. The third-order valence-electron chi connectivity index (χ3n) is 4.75. The maximum atomic E-state index is 12.9. The van der Waals surface area contributed by atoms with Crippen LogP contribution in [0, 0.1) is 6.92 Å². The van der Waals surface area contributed by atoms with Crippen molar-refractivity contribution in [3.8, 4) is 23.0 Å². The highest BCUT2D eigenvalue weighted by Gasteiger charge is 2.38. The highest BCUT2D eigenvalue weighted by molar-refractivity contribution is 5.92. The summed E-state index contributed by atoms with van der Waals surface area (Å²) in [6.07, 6.45) is 0. The van der Waals surface area contributed by atoms with Gasteiger partial charge in [-0.2, -0.15) is 0 Å². The van der Waals surface area contributed by atoms with Gasteiger partial charge in [-0.25, -0.2) is 4.79 Å². The monoisotopic (exact) mass is 416 g/mol. The predicted molar refractivity (Wildman–Crippen MR) is 108 cm³/mol. The second-order valence-electron chi connectivity index (χ2n) is 6.55. The largest absolute Gasteiger partial charge is 0.493 e. The molecule has 0 aliphatic carbocycles. The molecule has 1 unspecified atom stereocenters. The molecule has 0 spiro atoms. The molecule has 0 bridgehead atoms. The topological polar surface area (TPSA) is 122 Å². The summed E-state index contributed by atoms with van der Waals surface area (Å²) in [6, 6.07) is 4.97. The molecule has 1 aromatic heterocycles. The van der Waals surface area contributed by atoms with Crippen LogP contribution in [0.5, 0.6) is 23.0 Å². The molecule has 1 aromatic carbocycles. The summed E-state index contributed by atoms with van der Waals surface area (Å²) in [4.78, 5) is 28.4. The number of carbonyl (C=O) groups excluding carboxylic acids is 1. The Hall–Kier alpha value is -3.62. The quantitative estimate of drug-likeness (QED) is 0.686. The van der Waals surface area contributed by atoms with E-state index < -0.39 is 17.4 Å². The molecule has 0 fully saturated rings. The van der Waals surface area contributed by atoms with Crippen molar-refractivity contribution in [2.45, 2.75) is 19.8 Å². The van der Waals surface area contributed by atoms with E-state index in [9.17, 15) is 9.59 Å². The highest BCUT2D eigenvalue weighted by Crippen LogP contribution is 2.46. The minimum absolute atomic E-state index is 0.0213. The molecule has 9 nitrogen and oxygen atoms in total. The van der Waals surface area contributed by atoms with Crippen molar-refractivity contribution in [1.29, 1.82) is 0 Å². The summed E-state index contributed by atoms with van der Waals surface area (Å²) >= 11 is 0. The van der Waals surface area contributed by atoms with Gasteiger partial charge in [-0.1, -0.05) is 0 Å². The number of aryl methyl sites for hydroxylation is 1. The Kier molecular flexibility index (Phi) is 5.91. The average Bonchev–Trinajstić information content (AvgIpc) is 2.71. The molecule has 160 valence electrons. The average molecular weight is 416 g/mol. The van der Waals surface area contributed by atoms with Gasteiger partial charge in [0.1, 0.15) is 11.3 Å². The van der Waals surface area contributed by atoms with E-state index in [-0.39, 0.29) is 29.4 Å². The number of esters is 1. The van der Waals surface area contributed by atoms with Gasteiger partial charge >= 0.3 is 5.97 Å². The lowest BCUT2D eigenvalue weighted by molar-refractivity contribution is -0.139. The van der Waals surface area contributed by atoms with Gasteiger partial charge in [-0.05, 0) is 31.5 Å². The molecule has 9 heteroatoms. The van der Waals surface area contributed by atoms with Crippen LogP contribution >= 0.6 is 0 Å². The van der Waals surface area contributed by atoms with Crippen molar-refractivity contribution in [1.82, 2.24) is 4.98 Å². The Labute approximate surface area is 173 Å². The predicted octanol–water partition coefficient (Wildman–Crippen LogP) is 1.97. The first-order valence-corrected chi connectivity index (χ1v) is 9.24. The van der Waals surface area contributed by atoms with Crippen LogP contribution in [0.4, 0.5) is 0 Å². The van der Waals surface area contributed by atoms with Crippen LogP contribution in [0.2, 0.25) is 0 Å². The molecule has 0 saturated carbocycles. The van der Waals surface area contributed by atoms with Crippen LogP contribution < -0.4 is 30.2 Å². The number of benzene rings is 1. The summed E-state index contributed by atoms with van der Waals surface area (Å²) in [6.45, 7) is 3.53. The first-order valence-electron chi connectivity index (χ1n) is 9.24. The number of carbonyl (C=O) groups is 1. The maximum Gasteiger partial charge on any atom is 0.340 e. The van der Waals surface area contributed by atoms with Crippen molar-refractivity contribution in [3.05, 3.63) is 56.8 Å². The first kappa shape index (κ1) is 21.1. The van der Waals surface area contributed by atoms with Gasteiger partial charge < -0.3 is 34.4 Å². The number of hydrogen-bond donors (Lipinski definition) is 2. The van der Waals surface area contributed by atoms with E-state index >= 15 is 0 Å². The number of pyridine rings is 1. The minimum atomic E-state index is -0.870. The fourth-order valence-corrected chi connectivity index (χ4v) is 3.52. The van der Waals surface area contributed by atoms with Crippen LogP contribution in [-0.2, 0) is 9.53 Å². The van der Waals surface area contributed by atoms with E-state index in [0.717, 1.165) is 0 Å². The van der Waals surface area contributed by atoms with Crippen LogP contribution in [0.25, 0.3) is 0 Å². The Balaban J connectivity index is 2.34. The highest BCUT2D eigenvalue weighted by atomic mass is 16.5. The van der Waals surface area contributed by atoms with Gasteiger partial charge in [0.05, 0.1) is 39.4 Å². The normalized spacial score (nSPS) is 15.2. The van der Waals surface area contributed by atoms with Crippen molar-refractivity contribution >= 4 is 5.97 Å². The molecule has 2 aromatic rings. The van der Waals surface area contributed by atoms with Crippen LogP contribution in [0.3, 0.4) is 0 Å². The molecule has 3 N–H and O–H groups in total. The van der Waals surface area contributed by atoms with Crippen LogP contribution in [0.15, 0.2) is 34.4 Å². The molecular weight excluding hydrogens is 392 g/mol. The Morgan fingerprint density at radius 1 is 1.13 bits per heavy atom. The number of methoxy groups -OCH3 is 3. The number of nitrogens with two attached hydrogens (primary N) is 1. The van der Waals surface area contributed by atoms with Gasteiger partial charge in [-0.3, -0.25) is 4.79 Å². The molecule has 1 aliphatic rings. The summed E-state index contributed by atoms with van der Waals surface area (Å²) < 4.78 is 27.1. The third-order valence-corrected chi connectivity index (χ3v) is 4.75. The number of aromatic amines is 1. The standard InChI is InChI=1S/C21H24N2O7/c1-6-29-21(25)17-15(11-8-13(26-3)18(28-5)14(9-11)27-4)16-12(30-19(17)22)7-10(2)23-20(16)24/h7-9,15H,6,22H2,1-5H3,(H,23,24). The molecular formula is C21H24N2O7. The van der Waals surface area contributed by atoms with E-state index in [1.807, 2.05) is 0 Å². The van der Waals surface area contributed by atoms with Crippen molar-refractivity contribution in [2.24, 2.45) is 5.73 Å². The zero-order valence-electron chi connectivity index (χ0n) is 17.5. The summed E-state index contributed by atoms with van der Waals surface area (Å²) in [5.41, 5.74) is 7.07. The van der Waals surface area contributed by atoms with Gasteiger partial charge in [0.15, 0.2) is 11.5 Å². The third kappa shape index (κ3) is 3.54. The van der Waals surface area contributed by atoms with Crippen molar-refractivity contribution < 1.29 is 28.5 Å². The summed E-state index contributed by atoms with van der Waals surface area (Å²) in [5, 5.41) is 0. The maximum absolute atomic E-state index is 12.9. The van der Waals surface area contributed by atoms with E-state index in [1.54, 1.807) is 32.0 Å².